The Kier molecular flexibility index (Phi) is 4.75. The molecular weight excluding hydrogens is 330 g/mol. The first kappa shape index (κ1) is 15.4. The molecule has 0 aromatic heterocycles. The Bertz CT molecular complexity index is 493. The molecule has 1 fully saturated rings. The molecule has 0 aliphatic carbocycles. The molecule has 0 spiro atoms. The molecular formula is C14H17BrF2N2O. The van der Waals surface area contributed by atoms with Crippen LogP contribution in [0.5, 0.6) is 0 Å². The van der Waals surface area contributed by atoms with E-state index in [9.17, 15) is 13.6 Å². The van der Waals surface area contributed by atoms with Crippen LogP contribution in [0.2, 0.25) is 0 Å². The number of hydrogen-bond acceptors (Lipinski definition) is 2. The summed E-state index contributed by atoms with van der Waals surface area (Å²) in [4.78, 5) is 12.4. The van der Waals surface area contributed by atoms with Crippen molar-refractivity contribution in [2.24, 2.45) is 5.41 Å². The van der Waals surface area contributed by atoms with E-state index in [1.165, 1.54) is 0 Å². The van der Waals surface area contributed by atoms with E-state index in [1.807, 2.05) is 6.92 Å². The van der Waals surface area contributed by atoms with Crippen molar-refractivity contribution in [3.63, 3.8) is 0 Å². The van der Waals surface area contributed by atoms with Crippen molar-refractivity contribution in [3.8, 4) is 0 Å². The second-order valence-corrected chi connectivity index (χ2v) is 6.03. The number of carbonyl (C=O) groups is 1. The summed E-state index contributed by atoms with van der Waals surface area (Å²) < 4.78 is 27.8. The first-order valence-corrected chi connectivity index (χ1v) is 7.44. The maximum atomic E-state index is 13.8. The first-order valence-electron chi connectivity index (χ1n) is 6.65. The molecule has 1 atom stereocenters. The Hall–Kier alpha value is -1.01. The highest BCUT2D eigenvalue weighted by Crippen LogP contribution is 2.33. The molecule has 3 nitrogen and oxygen atoms in total. The zero-order valence-electron chi connectivity index (χ0n) is 11.2. The Morgan fingerprint density at radius 3 is 2.60 bits per heavy atom. The molecule has 1 saturated heterocycles. The first-order chi connectivity index (χ1) is 9.48. The molecule has 1 aromatic carbocycles. The average molecular weight is 347 g/mol. The molecule has 1 heterocycles. The summed E-state index contributed by atoms with van der Waals surface area (Å²) in [6, 6.07) is 2.27. The van der Waals surface area contributed by atoms with Crippen molar-refractivity contribution in [2.45, 2.75) is 26.2 Å². The van der Waals surface area contributed by atoms with Gasteiger partial charge in [-0.15, -0.1) is 0 Å². The Morgan fingerprint density at radius 2 is 2.10 bits per heavy atom. The van der Waals surface area contributed by atoms with Crippen LogP contribution < -0.4 is 10.6 Å². The van der Waals surface area contributed by atoms with E-state index in [0.29, 0.717) is 17.4 Å². The molecule has 1 unspecified atom stereocenters. The van der Waals surface area contributed by atoms with Crippen LogP contribution in [0, 0.1) is 17.0 Å². The second-order valence-electron chi connectivity index (χ2n) is 5.11. The normalized spacial score (nSPS) is 22.6. The van der Waals surface area contributed by atoms with E-state index in [1.54, 1.807) is 0 Å². The molecule has 2 N–H and O–H groups in total. The van der Waals surface area contributed by atoms with Crippen LogP contribution in [-0.4, -0.2) is 19.0 Å². The fourth-order valence-corrected chi connectivity index (χ4v) is 2.93. The third-order valence-electron chi connectivity index (χ3n) is 3.88. The van der Waals surface area contributed by atoms with Crippen molar-refractivity contribution >= 4 is 27.5 Å². The largest absolute Gasteiger partial charge is 0.321 e. The van der Waals surface area contributed by atoms with E-state index in [0.717, 1.165) is 31.5 Å². The van der Waals surface area contributed by atoms with Crippen molar-refractivity contribution in [1.82, 2.24) is 5.32 Å². The second kappa shape index (κ2) is 6.18. The van der Waals surface area contributed by atoms with Gasteiger partial charge in [0.1, 0.15) is 5.69 Å². The van der Waals surface area contributed by atoms with E-state index < -0.39 is 17.0 Å². The van der Waals surface area contributed by atoms with E-state index in [2.05, 4.69) is 26.6 Å². The number of nitrogens with one attached hydrogen (secondary N) is 2. The highest BCUT2D eigenvalue weighted by atomic mass is 79.9. The predicted octanol–water partition coefficient (Wildman–Crippen LogP) is 3.45. The summed E-state index contributed by atoms with van der Waals surface area (Å²) in [6.45, 7) is 3.33. The summed E-state index contributed by atoms with van der Waals surface area (Å²) in [6.07, 6.45) is 2.24. The fraction of sp³-hybridized carbons (Fsp3) is 0.500. The van der Waals surface area contributed by atoms with E-state index >= 15 is 0 Å². The minimum absolute atomic E-state index is 0.301. The predicted molar refractivity (Wildman–Crippen MR) is 77.5 cm³/mol. The van der Waals surface area contributed by atoms with Gasteiger partial charge in [0, 0.05) is 11.0 Å². The molecule has 20 heavy (non-hydrogen) atoms. The third kappa shape index (κ3) is 3.01. The van der Waals surface area contributed by atoms with Gasteiger partial charge in [-0.25, -0.2) is 8.78 Å². The Labute approximate surface area is 125 Å². The molecule has 110 valence electrons. The summed E-state index contributed by atoms with van der Waals surface area (Å²) in [5.74, 6) is -1.88. The molecule has 2 rings (SSSR count). The fourth-order valence-electron chi connectivity index (χ4n) is 2.53. The lowest BCUT2D eigenvalue weighted by molar-refractivity contribution is -0.126. The zero-order chi connectivity index (χ0) is 14.8. The number of anilines is 1. The molecule has 1 amide bonds. The number of carbonyl (C=O) groups excluding carboxylic acids is 1. The highest BCUT2D eigenvalue weighted by Gasteiger charge is 2.38. The van der Waals surface area contributed by atoms with Crippen LogP contribution in [0.25, 0.3) is 0 Å². The molecule has 0 bridgehead atoms. The van der Waals surface area contributed by atoms with Crippen molar-refractivity contribution in [3.05, 3.63) is 28.2 Å². The van der Waals surface area contributed by atoms with E-state index in [-0.39, 0.29) is 11.6 Å². The number of hydrogen-bond donors (Lipinski definition) is 2. The lowest BCUT2D eigenvalue weighted by Gasteiger charge is -2.35. The van der Waals surface area contributed by atoms with Gasteiger partial charge < -0.3 is 10.6 Å². The smallest absolute Gasteiger partial charge is 0.232 e. The van der Waals surface area contributed by atoms with Gasteiger partial charge in [-0.2, -0.15) is 0 Å². The number of amides is 1. The lowest BCUT2D eigenvalue weighted by atomic mass is 9.77. The summed E-state index contributed by atoms with van der Waals surface area (Å²) in [5, 5.41) is 5.59. The lowest BCUT2D eigenvalue weighted by Crippen LogP contribution is -2.47. The Morgan fingerprint density at radius 1 is 1.45 bits per heavy atom. The molecule has 1 aliphatic rings. The summed E-state index contributed by atoms with van der Waals surface area (Å²) in [7, 11) is 0. The summed E-state index contributed by atoms with van der Waals surface area (Å²) in [5.41, 5.74) is -0.971. The minimum atomic E-state index is -0.778. The molecule has 0 saturated carbocycles. The SMILES string of the molecule is CCC1(C(=O)Nc2c(F)cc(Br)cc2F)CCCNC1. The average Bonchev–Trinajstić information content (AvgIpc) is 2.43. The standard InChI is InChI=1S/C14H17BrF2N2O/c1-2-14(4-3-5-18-8-14)13(20)19-12-10(16)6-9(15)7-11(12)17/h6-7,18H,2-5,8H2,1H3,(H,19,20). The van der Waals surface area contributed by atoms with Gasteiger partial charge in [-0.3, -0.25) is 4.79 Å². The topological polar surface area (TPSA) is 41.1 Å². The molecule has 0 radical (unpaired) electrons. The van der Waals surface area contributed by atoms with Crippen molar-refractivity contribution in [2.75, 3.05) is 18.4 Å². The molecule has 6 heteroatoms. The maximum Gasteiger partial charge on any atom is 0.232 e. The van der Waals surface area contributed by atoms with Crippen LogP contribution >= 0.6 is 15.9 Å². The van der Waals surface area contributed by atoms with Gasteiger partial charge in [-0.1, -0.05) is 22.9 Å². The number of benzene rings is 1. The van der Waals surface area contributed by atoms with Gasteiger partial charge in [0.15, 0.2) is 11.6 Å². The van der Waals surface area contributed by atoms with Crippen molar-refractivity contribution in [1.29, 1.82) is 0 Å². The maximum absolute atomic E-state index is 13.8. The molecule has 1 aromatic rings. The molecule has 1 aliphatic heterocycles. The van der Waals surface area contributed by atoms with Gasteiger partial charge in [-0.05, 0) is 37.9 Å². The van der Waals surface area contributed by atoms with Crippen LogP contribution in [0.4, 0.5) is 14.5 Å². The van der Waals surface area contributed by atoms with Gasteiger partial charge >= 0.3 is 0 Å². The minimum Gasteiger partial charge on any atom is -0.321 e. The van der Waals surface area contributed by atoms with Crippen LogP contribution in [0.1, 0.15) is 26.2 Å². The van der Waals surface area contributed by atoms with Crippen LogP contribution in [0.15, 0.2) is 16.6 Å². The third-order valence-corrected chi connectivity index (χ3v) is 4.33. The van der Waals surface area contributed by atoms with E-state index in [4.69, 9.17) is 0 Å². The van der Waals surface area contributed by atoms with Crippen LogP contribution in [-0.2, 0) is 4.79 Å². The van der Waals surface area contributed by atoms with Gasteiger partial charge in [0.05, 0.1) is 5.41 Å². The number of rotatable bonds is 3. The highest BCUT2D eigenvalue weighted by molar-refractivity contribution is 9.10. The van der Waals surface area contributed by atoms with Gasteiger partial charge in [0.25, 0.3) is 0 Å². The zero-order valence-corrected chi connectivity index (χ0v) is 12.8. The van der Waals surface area contributed by atoms with Crippen molar-refractivity contribution < 1.29 is 13.6 Å². The quantitative estimate of drug-likeness (QED) is 0.880. The van der Waals surface area contributed by atoms with Crippen LogP contribution in [0.3, 0.4) is 0 Å². The number of halogens is 3. The number of piperidine rings is 1. The Balaban J connectivity index is 2.23. The van der Waals surface area contributed by atoms with Gasteiger partial charge in [0.2, 0.25) is 5.91 Å². The monoisotopic (exact) mass is 346 g/mol. The summed E-state index contributed by atoms with van der Waals surface area (Å²) >= 11 is 3.01.